The molecule has 0 bridgehead atoms. The second kappa shape index (κ2) is 5.72. The standard InChI is InChI=1S/C15H16Br2N2O2/c16-10-4-3-5-11(17)13(10)19-9-6-12(20)18-15(14(19)21)7-1-2-8-15/h3-5H,1-2,6-9H2,(H,18,20). The summed E-state index contributed by atoms with van der Waals surface area (Å²) >= 11 is 7.04. The van der Waals surface area contributed by atoms with E-state index in [9.17, 15) is 9.59 Å². The van der Waals surface area contributed by atoms with Crippen molar-refractivity contribution in [1.29, 1.82) is 0 Å². The Morgan fingerprint density at radius 2 is 1.71 bits per heavy atom. The maximum Gasteiger partial charge on any atom is 0.252 e. The lowest BCUT2D eigenvalue weighted by Crippen LogP contribution is -2.55. The Labute approximate surface area is 140 Å². The SMILES string of the molecule is O=C1CCN(c2c(Br)cccc2Br)C(=O)C2(CCCC2)N1. The molecule has 1 heterocycles. The minimum absolute atomic E-state index is 0.0125. The van der Waals surface area contributed by atoms with Crippen LogP contribution in [0.3, 0.4) is 0 Å². The zero-order chi connectivity index (χ0) is 15.0. The van der Waals surface area contributed by atoms with Crippen molar-refractivity contribution in [3.05, 3.63) is 27.1 Å². The van der Waals surface area contributed by atoms with Crippen LogP contribution in [0.1, 0.15) is 32.1 Å². The third-order valence-electron chi connectivity index (χ3n) is 4.26. The zero-order valence-electron chi connectivity index (χ0n) is 11.5. The van der Waals surface area contributed by atoms with Gasteiger partial charge in [0.25, 0.3) is 5.91 Å². The van der Waals surface area contributed by atoms with Crippen molar-refractivity contribution in [3.63, 3.8) is 0 Å². The summed E-state index contributed by atoms with van der Waals surface area (Å²) in [6.45, 7) is 0.410. The van der Waals surface area contributed by atoms with E-state index in [1.165, 1.54) is 0 Å². The van der Waals surface area contributed by atoms with E-state index >= 15 is 0 Å². The predicted molar refractivity (Wildman–Crippen MR) is 88.2 cm³/mol. The molecule has 0 atom stereocenters. The lowest BCUT2D eigenvalue weighted by molar-refractivity contribution is -0.129. The number of hydrogen-bond donors (Lipinski definition) is 1. The molecule has 0 aromatic heterocycles. The van der Waals surface area contributed by atoms with Crippen LogP contribution in [0.5, 0.6) is 0 Å². The van der Waals surface area contributed by atoms with Crippen molar-refractivity contribution in [3.8, 4) is 0 Å². The van der Waals surface area contributed by atoms with Crippen LogP contribution in [-0.4, -0.2) is 23.9 Å². The monoisotopic (exact) mass is 414 g/mol. The number of rotatable bonds is 1. The number of halogens is 2. The largest absolute Gasteiger partial charge is 0.342 e. The molecule has 4 nitrogen and oxygen atoms in total. The fraction of sp³-hybridized carbons (Fsp3) is 0.467. The number of benzene rings is 1. The summed E-state index contributed by atoms with van der Waals surface area (Å²) in [5.74, 6) is -0.0191. The number of amides is 2. The van der Waals surface area contributed by atoms with Crippen molar-refractivity contribution >= 4 is 49.4 Å². The highest BCUT2D eigenvalue weighted by atomic mass is 79.9. The lowest BCUT2D eigenvalue weighted by atomic mass is 9.95. The van der Waals surface area contributed by atoms with E-state index in [0.717, 1.165) is 40.3 Å². The van der Waals surface area contributed by atoms with Gasteiger partial charge < -0.3 is 10.2 Å². The normalized spacial score (nSPS) is 21.5. The van der Waals surface area contributed by atoms with Gasteiger partial charge in [0.15, 0.2) is 0 Å². The minimum Gasteiger partial charge on any atom is -0.342 e. The molecule has 1 aliphatic carbocycles. The van der Waals surface area contributed by atoms with Crippen LogP contribution in [0.2, 0.25) is 0 Å². The molecule has 1 aliphatic heterocycles. The first kappa shape index (κ1) is 15.0. The molecule has 2 fully saturated rings. The molecule has 1 aromatic carbocycles. The van der Waals surface area contributed by atoms with E-state index < -0.39 is 5.54 Å². The van der Waals surface area contributed by atoms with Crippen LogP contribution in [0.4, 0.5) is 5.69 Å². The molecular formula is C15H16Br2N2O2. The molecule has 1 saturated carbocycles. The van der Waals surface area contributed by atoms with Gasteiger partial charge in [-0.15, -0.1) is 0 Å². The second-order valence-corrected chi connectivity index (χ2v) is 7.32. The summed E-state index contributed by atoms with van der Waals surface area (Å²) in [4.78, 5) is 26.9. The third kappa shape index (κ3) is 2.63. The van der Waals surface area contributed by atoms with E-state index in [1.54, 1.807) is 4.90 Å². The predicted octanol–water partition coefficient (Wildman–Crippen LogP) is 3.38. The van der Waals surface area contributed by atoms with E-state index in [4.69, 9.17) is 0 Å². The molecule has 2 aliphatic rings. The molecule has 1 saturated heterocycles. The first-order chi connectivity index (χ1) is 10.0. The van der Waals surface area contributed by atoms with Crippen LogP contribution in [0.15, 0.2) is 27.1 Å². The van der Waals surface area contributed by atoms with Crippen LogP contribution in [0.25, 0.3) is 0 Å². The number of anilines is 1. The van der Waals surface area contributed by atoms with Crippen molar-refractivity contribution in [2.75, 3.05) is 11.4 Å². The summed E-state index contributed by atoms with van der Waals surface area (Å²) in [6.07, 6.45) is 3.77. The molecule has 3 rings (SSSR count). The Morgan fingerprint density at radius 1 is 1.10 bits per heavy atom. The van der Waals surface area contributed by atoms with Gasteiger partial charge in [-0.05, 0) is 56.8 Å². The number of nitrogens with zero attached hydrogens (tertiary/aromatic N) is 1. The molecule has 0 unspecified atom stereocenters. The van der Waals surface area contributed by atoms with E-state index in [0.29, 0.717) is 13.0 Å². The Bertz CT molecular complexity index is 577. The van der Waals surface area contributed by atoms with Crippen molar-refractivity contribution in [2.45, 2.75) is 37.6 Å². The van der Waals surface area contributed by atoms with Gasteiger partial charge in [-0.25, -0.2) is 0 Å². The van der Waals surface area contributed by atoms with Gasteiger partial charge in [0.05, 0.1) is 5.69 Å². The number of carbonyl (C=O) groups is 2. The van der Waals surface area contributed by atoms with E-state index in [1.807, 2.05) is 18.2 Å². The summed E-state index contributed by atoms with van der Waals surface area (Å²) in [5, 5.41) is 2.98. The fourth-order valence-corrected chi connectivity index (χ4v) is 4.66. The maximum atomic E-state index is 13.1. The van der Waals surface area contributed by atoms with Gasteiger partial charge in [-0.1, -0.05) is 18.9 Å². The maximum absolute atomic E-state index is 13.1. The molecule has 1 N–H and O–H groups in total. The number of para-hydroxylation sites is 1. The molecule has 0 radical (unpaired) electrons. The van der Waals surface area contributed by atoms with Gasteiger partial charge in [0.2, 0.25) is 5.91 Å². The highest BCUT2D eigenvalue weighted by molar-refractivity contribution is 9.11. The summed E-state index contributed by atoms with van der Waals surface area (Å²) in [5.41, 5.74) is 0.104. The smallest absolute Gasteiger partial charge is 0.252 e. The Hall–Kier alpha value is -0.880. The van der Waals surface area contributed by atoms with Crippen molar-refractivity contribution in [2.24, 2.45) is 0 Å². The van der Waals surface area contributed by atoms with Crippen LogP contribution in [-0.2, 0) is 9.59 Å². The van der Waals surface area contributed by atoms with Gasteiger partial charge in [-0.3, -0.25) is 9.59 Å². The highest BCUT2D eigenvalue weighted by Gasteiger charge is 2.47. The van der Waals surface area contributed by atoms with Gasteiger partial charge in [-0.2, -0.15) is 0 Å². The average molecular weight is 416 g/mol. The van der Waals surface area contributed by atoms with Crippen LogP contribution < -0.4 is 10.2 Å². The molecule has 1 aromatic rings. The third-order valence-corrected chi connectivity index (χ3v) is 5.54. The molecule has 1 spiro atoms. The minimum atomic E-state index is -0.706. The fourth-order valence-electron chi connectivity index (χ4n) is 3.23. The number of hydrogen-bond acceptors (Lipinski definition) is 2. The van der Waals surface area contributed by atoms with E-state index in [2.05, 4.69) is 37.2 Å². The zero-order valence-corrected chi connectivity index (χ0v) is 14.7. The summed E-state index contributed by atoms with van der Waals surface area (Å²) in [7, 11) is 0. The van der Waals surface area contributed by atoms with Gasteiger partial charge >= 0.3 is 0 Å². The molecule has 6 heteroatoms. The molecule has 21 heavy (non-hydrogen) atoms. The topological polar surface area (TPSA) is 49.4 Å². The first-order valence-corrected chi connectivity index (χ1v) is 8.69. The molecule has 112 valence electrons. The van der Waals surface area contributed by atoms with Crippen LogP contribution in [0, 0.1) is 0 Å². The second-order valence-electron chi connectivity index (χ2n) is 5.61. The highest BCUT2D eigenvalue weighted by Crippen LogP contribution is 2.39. The summed E-state index contributed by atoms with van der Waals surface area (Å²) in [6, 6.07) is 5.73. The Kier molecular flexibility index (Phi) is 4.10. The first-order valence-electron chi connectivity index (χ1n) is 7.10. The van der Waals surface area contributed by atoms with Gasteiger partial charge in [0, 0.05) is 21.9 Å². The lowest BCUT2D eigenvalue weighted by Gasteiger charge is -2.32. The Balaban J connectivity index is 2.05. The number of carbonyl (C=O) groups excluding carboxylic acids is 2. The van der Waals surface area contributed by atoms with E-state index in [-0.39, 0.29) is 11.8 Å². The Morgan fingerprint density at radius 3 is 2.33 bits per heavy atom. The average Bonchev–Trinajstić information content (AvgIpc) is 2.86. The van der Waals surface area contributed by atoms with Crippen molar-refractivity contribution < 1.29 is 9.59 Å². The number of nitrogens with one attached hydrogen (secondary N) is 1. The quantitative estimate of drug-likeness (QED) is 0.764. The van der Waals surface area contributed by atoms with Crippen LogP contribution >= 0.6 is 31.9 Å². The van der Waals surface area contributed by atoms with Gasteiger partial charge in [0.1, 0.15) is 5.54 Å². The summed E-state index contributed by atoms with van der Waals surface area (Å²) < 4.78 is 1.71. The molecule has 2 amide bonds. The van der Waals surface area contributed by atoms with Crippen molar-refractivity contribution in [1.82, 2.24) is 5.32 Å². The molecular weight excluding hydrogens is 400 g/mol.